The molecule has 1 fully saturated rings. The summed E-state index contributed by atoms with van der Waals surface area (Å²) in [6, 6.07) is 10.0. The number of thioether (sulfide) groups is 1. The van der Waals surface area contributed by atoms with Crippen molar-refractivity contribution in [1.29, 1.82) is 0 Å². The van der Waals surface area contributed by atoms with Crippen molar-refractivity contribution in [2.75, 3.05) is 30.8 Å². The van der Waals surface area contributed by atoms with Crippen molar-refractivity contribution in [2.24, 2.45) is 5.92 Å². The molecule has 1 amide bonds. The molecule has 1 aromatic heterocycles. The fourth-order valence-electron chi connectivity index (χ4n) is 4.62. The molecular weight excluding hydrogens is 594 g/mol. The van der Waals surface area contributed by atoms with E-state index in [1.807, 2.05) is 49.9 Å². The van der Waals surface area contributed by atoms with Crippen LogP contribution in [0.3, 0.4) is 0 Å². The molecule has 2 aromatic carbocycles. The molecule has 3 aromatic rings. The predicted molar refractivity (Wildman–Crippen MR) is 197 cm³/mol. The number of halogens is 1. The van der Waals surface area contributed by atoms with Crippen LogP contribution in [-0.4, -0.2) is 46.2 Å². The number of piperidine rings is 1. The lowest BCUT2D eigenvalue weighted by Crippen LogP contribution is -2.31. The first-order valence-corrected chi connectivity index (χ1v) is 17.6. The average molecular weight is 650 g/mol. The Morgan fingerprint density at radius 2 is 1.76 bits per heavy atom. The van der Waals surface area contributed by atoms with Crippen LogP contribution in [0.5, 0.6) is 0 Å². The van der Waals surface area contributed by atoms with Gasteiger partial charge in [0.15, 0.2) is 0 Å². The summed E-state index contributed by atoms with van der Waals surface area (Å²) in [5.74, 6) is 0.761. The molecule has 4 rings (SSSR count). The summed E-state index contributed by atoms with van der Waals surface area (Å²) in [6.07, 6.45) is 9.17. The molecule has 1 saturated heterocycles. The minimum Gasteiger partial charge on any atom is -0.362 e. The second kappa shape index (κ2) is 20.1. The third-order valence-corrected chi connectivity index (χ3v) is 8.50. The first-order chi connectivity index (χ1) is 21.9. The van der Waals surface area contributed by atoms with Gasteiger partial charge in [-0.15, -0.1) is 11.8 Å². The highest BCUT2D eigenvalue weighted by Crippen LogP contribution is 2.33. The number of aromatic nitrogens is 2. The molecule has 2 heterocycles. The van der Waals surface area contributed by atoms with Crippen molar-refractivity contribution in [1.82, 2.24) is 14.9 Å². The van der Waals surface area contributed by atoms with Crippen molar-refractivity contribution >= 4 is 41.8 Å². The molecule has 46 heavy (non-hydrogen) atoms. The Kier molecular flexibility index (Phi) is 17.0. The maximum absolute atomic E-state index is 14.8. The molecule has 1 unspecified atom stereocenters. The number of unbranched alkanes of at least 4 members (excludes halogenated alkanes) is 1. The number of nitrogens with zero attached hydrogens (tertiary/aromatic N) is 3. The molecule has 2 N–H and O–H groups in total. The van der Waals surface area contributed by atoms with Gasteiger partial charge in [-0.05, 0) is 101 Å². The number of anilines is 2. The van der Waals surface area contributed by atoms with Gasteiger partial charge in [0.1, 0.15) is 11.6 Å². The summed E-state index contributed by atoms with van der Waals surface area (Å²) in [5.41, 5.74) is 2.62. The van der Waals surface area contributed by atoms with Gasteiger partial charge in [0.25, 0.3) is 5.91 Å². The molecule has 252 valence electrons. The number of amides is 1. The molecular formula is C38H56FN5OS. The van der Waals surface area contributed by atoms with E-state index in [-0.39, 0.29) is 11.7 Å². The van der Waals surface area contributed by atoms with E-state index < -0.39 is 6.04 Å². The molecule has 8 heteroatoms. The third-order valence-electron chi connectivity index (χ3n) is 6.98. The molecule has 0 saturated carbocycles. The van der Waals surface area contributed by atoms with Crippen LogP contribution in [0.25, 0.3) is 12.7 Å². The van der Waals surface area contributed by atoms with E-state index in [1.54, 1.807) is 18.3 Å². The second-order valence-corrected chi connectivity index (χ2v) is 14.0. The van der Waals surface area contributed by atoms with Crippen LogP contribution in [0.1, 0.15) is 108 Å². The molecule has 1 atom stereocenters. The average Bonchev–Trinajstić information content (AvgIpc) is 3.00. The van der Waals surface area contributed by atoms with Crippen LogP contribution in [0, 0.1) is 18.7 Å². The first-order valence-electron chi connectivity index (χ1n) is 16.7. The van der Waals surface area contributed by atoms with Gasteiger partial charge in [-0.2, -0.15) is 0 Å². The molecule has 1 aliphatic rings. The van der Waals surface area contributed by atoms with Crippen LogP contribution in [-0.2, 0) is 0 Å². The third kappa shape index (κ3) is 13.2. The maximum atomic E-state index is 14.8. The van der Waals surface area contributed by atoms with Gasteiger partial charge in [-0.3, -0.25) is 9.78 Å². The van der Waals surface area contributed by atoms with Gasteiger partial charge in [0.05, 0.1) is 22.9 Å². The number of hydrogen-bond acceptors (Lipinski definition) is 6. The zero-order valence-corrected chi connectivity index (χ0v) is 30.4. The van der Waals surface area contributed by atoms with Gasteiger partial charge in [0, 0.05) is 27.0 Å². The number of carbonyl (C=O) groups is 1. The number of carbonyl (C=O) groups excluding carboxylic acids is 1. The zero-order chi connectivity index (χ0) is 34.2. The van der Waals surface area contributed by atoms with Gasteiger partial charge >= 0.3 is 0 Å². The fraction of sp³-hybridized carbons (Fsp3) is 0.500. The second-order valence-electron chi connectivity index (χ2n) is 12.7. The Morgan fingerprint density at radius 1 is 1.11 bits per heavy atom. The van der Waals surface area contributed by atoms with Gasteiger partial charge < -0.3 is 15.5 Å². The Labute approximate surface area is 281 Å². The van der Waals surface area contributed by atoms with E-state index in [0.717, 1.165) is 42.8 Å². The van der Waals surface area contributed by atoms with Crippen molar-refractivity contribution in [3.05, 3.63) is 75.8 Å². The Balaban J connectivity index is 0.000000958. The number of benzene rings is 2. The Morgan fingerprint density at radius 3 is 2.35 bits per heavy atom. The van der Waals surface area contributed by atoms with Crippen molar-refractivity contribution < 1.29 is 9.18 Å². The molecule has 0 bridgehead atoms. The monoisotopic (exact) mass is 649 g/mol. The molecule has 0 spiro atoms. The van der Waals surface area contributed by atoms with Gasteiger partial charge in [0.2, 0.25) is 0 Å². The first kappa shape index (κ1) is 39.0. The quantitative estimate of drug-likeness (QED) is 0.242. The molecule has 0 aliphatic carbocycles. The molecule has 6 nitrogen and oxygen atoms in total. The Hall–Kier alpha value is -3.23. The number of aryl methyl sites for hydroxylation is 1. The van der Waals surface area contributed by atoms with Gasteiger partial charge in [-0.25, -0.2) is 9.37 Å². The number of nitrogens with one attached hydrogen (secondary N) is 2. The summed E-state index contributed by atoms with van der Waals surface area (Å²) >= 11 is 1.91. The summed E-state index contributed by atoms with van der Waals surface area (Å²) < 4.78 is 14.8. The fourth-order valence-corrected chi connectivity index (χ4v) is 5.82. The van der Waals surface area contributed by atoms with E-state index in [1.165, 1.54) is 30.2 Å². The molecule has 0 radical (unpaired) electrons. The van der Waals surface area contributed by atoms with Crippen molar-refractivity contribution in [3.8, 4) is 0 Å². The predicted octanol–water partition coefficient (Wildman–Crippen LogP) is 8.61. The Bertz CT molecular complexity index is 1480. The minimum absolute atomic E-state index is 0.224. The summed E-state index contributed by atoms with van der Waals surface area (Å²) in [7, 11) is 2.17. The standard InChI is InChI=1S/C31H38FN5OS.C4H10.C3H8/c1-6-7-8-28-22(4)35-30(19-33-28)34-21(3)26-18-24(10-11-27(26)32)36-31(38)23-9-12-29(20(2)17-23)39-25-13-15-37(5)16-14-25;1-4(2)3;1-3-2/h8-12,17-19,21,25H,4,6-7,13-16H2,1-3,5H3,(H,34,35)(H,36,38);4H,1-3H3;3H2,1-2H3/b28-8+;;. The lowest BCUT2D eigenvalue weighted by Gasteiger charge is -2.28. The smallest absolute Gasteiger partial charge is 0.255 e. The normalized spacial score (nSPS) is 14.5. The summed E-state index contributed by atoms with van der Waals surface area (Å²) in [5, 5.41) is 8.07. The summed E-state index contributed by atoms with van der Waals surface area (Å²) in [6.45, 7) is 23.0. The van der Waals surface area contributed by atoms with E-state index in [0.29, 0.717) is 33.2 Å². The van der Waals surface area contributed by atoms with Crippen LogP contribution < -0.4 is 21.3 Å². The number of hydrogen-bond donors (Lipinski definition) is 2. The minimum atomic E-state index is -0.404. The zero-order valence-electron chi connectivity index (χ0n) is 29.5. The van der Waals surface area contributed by atoms with Gasteiger partial charge in [-0.1, -0.05) is 67.0 Å². The lowest BCUT2D eigenvalue weighted by molar-refractivity contribution is 0.102. The highest BCUT2D eigenvalue weighted by atomic mass is 32.2. The van der Waals surface area contributed by atoms with Crippen LogP contribution >= 0.6 is 11.8 Å². The van der Waals surface area contributed by atoms with Crippen LogP contribution in [0.15, 0.2) is 47.5 Å². The van der Waals surface area contributed by atoms with Crippen LogP contribution in [0.4, 0.5) is 15.9 Å². The maximum Gasteiger partial charge on any atom is 0.255 e. The van der Waals surface area contributed by atoms with E-state index in [2.05, 4.69) is 80.7 Å². The van der Waals surface area contributed by atoms with Crippen LogP contribution in [0.2, 0.25) is 0 Å². The highest BCUT2D eigenvalue weighted by molar-refractivity contribution is 8.00. The SMILES string of the molecule is C=c1nc(NC(C)c2cc(NC(=O)c3ccc(SC4CCN(C)CC4)c(C)c3)ccc2F)cn/c1=C/CCC.CC(C)C.CCC. The topological polar surface area (TPSA) is 70.2 Å². The van der Waals surface area contributed by atoms with E-state index in [9.17, 15) is 9.18 Å². The van der Waals surface area contributed by atoms with Crippen molar-refractivity contribution in [3.63, 3.8) is 0 Å². The summed E-state index contributed by atoms with van der Waals surface area (Å²) in [4.78, 5) is 25.5. The lowest BCUT2D eigenvalue weighted by atomic mass is 10.1. The van der Waals surface area contributed by atoms with E-state index in [4.69, 9.17) is 0 Å². The number of rotatable bonds is 9. The largest absolute Gasteiger partial charge is 0.362 e. The van der Waals surface area contributed by atoms with E-state index >= 15 is 0 Å². The number of likely N-dealkylation sites (tertiary alicyclic amines) is 1. The highest BCUT2D eigenvalue weighted by Gasteiger charge is 2.19. The molecule has 1 aliphatic heterocycles. The van der Waals surface area contributed by atoms with Crippen molar-refractivity contribution in [2.45, 2.75) is 104 Å².